The molecule has 0 aliphatic rings. The maximum atomic E-state index is 12.2. The first-order valence-corrected chi connectivity index (χ1v) is 8.36. The summed E-state index contributed by atoms with van der Waals surface area (Å²) < 4.78 is 5.03. The minimum Gasteiger partial charge on any atom is -0.497 e. The molecule has 0 aliphatic carbocycles. The number of anilines is 2. The Labute approximate surface area is 156 Å². The molecule has 10 nitrogen and oxygen atoms in total. The highest BCUT2D eigenvalue weighted by atomic mass is 16.6. The lowest BCUT2D eigenvalue weighted by Gasteiger charge is -2.11. The summed E-state index contributed by atoms with van der Waals surface area (Å²) in [6, 6.07) is 6.42. The third kappa shape index (κ3) is 5.53. The van der Waals surface area contributed by atoms with E-state index in [2.05, 4.69) is 40.0 Å². The van der Waals surface area contributed by atoms with E-state index in [0.717, 1.165) is 6.42 Å². The van der Waals surface area contributed by atoms with Crippen molar-refractivity contribution in [2.75, 3.05) is 24.4 Å². The Hall–Kier alpha value is -3.43. The highest BCUT2D eigenvalue weighted by Crippen LogP contribution is 2.28. The minimum absolute atomic E-state index is 0.0943. The van der Waals surface area contributed by atoms with E-state index in [0.29, 0.717) is 23.8 Å². The van der Waals surface area contributed by atoms with Gasteiger partial charge in [0.1, 0.15) is 12.1 Å². The molecule has 0 aliphatic heterocycles. The van der Waals surface area contributed by atoms with Crippen LogP contribution in [0.15, 0.2) is 30.6 Å². The van der Waals surface area contributed by atoms with Crippen LogP contribution in [0.2, 0.25) is 0 Å². The average Bonchev–Trinajstić information content (AvgIpc) is 2.65. The number of carbonyl (C=O) groups excluding carboxylic acids is 1. The molecular formula is C17H22N6O4. The molecule has 3 N–H and O–H groups in total. The molecule has 0 saturated heterocycles. The van der Waals surface area contributed by atoms with Crippen LogP contribution in [0.4, 0.5) is 17.3 Å². The van der Waals surface area contributed by atoms with Crippen molar-refractivity contribution in [1.82, 2.24) is 15.4 Å². The monoisotopic (exact) mass is 374 g/mol. The van der Waals surface area contributed by atoms with Gasteiger partial charge in [-0.25, -0.2) is 9.97 Å². The summed E-state index contributed by atoms with van der Waals surface area (Å²) >= 11 is 0. The maximum absolute atomic E-state index is 12.2. The Morgan fingerprint density at radius 1 is 1.22 bits per heavy atom. The van der Waals surface area contributed by atoms with E-state index in [1.54, 1.807) is 24.3 Å². The molecule has 144 valence electrons. The van der Waals surface area contributed by atoms with Crippen molar-refractivity contribution in [2.24, 2.45) is 5.92 Å². The van der Waals surface area contributed by atoms with Crippen LogP contribution in [0.3, 0.4) is 0 Å². The number of hydrogen-bond acceptors (Lipinski definition) is 8. The van der Waals surface area contributed by atoms with Crippen molar-refractivity contribution in [3.05, 3.63) is 46.3 Å². The minimum atomic E-state index is -0.598. The topological polar surface area (TPSA) is 131 Å². The zero-order chi connectivity index (χ0) is 19.8. The van der Waals surface area contributed by atoms with Crippen molar-refractivity contribution >= 4 is 23.2 Å². The summed E-state index contributed by atoms with van der Waals surface area (Å²) in [4.78, 5) is 30.8. The molecule has 27 heavy (non-hydrogen) atoms. The first kappa shape index (κ1) is 19.9. The van der Waals surface area contributed by atoms with E-state index in [4.69, 9.17) is 4.74 Å². The number of hydrazine groups is 1. The molecule has 0 fully saturated rings. The number of aromatic nitrogens is 2. The van der Waals surface area contributed by atoms with Crippen LogP contribution in [0.25, 0.3) is 0 Å². The van der Waals surface area contributed by atoms with Crippen LogP contribution >= 0.6 is 0 Å². The molecule has 0 atom stereocenters. The fraction of sp³-hybridized carbons (Fsp3) is 0.353. The number of ether oxygens (including phenoxy) is 1. The molecule has 2 rings (SSSR count). The van der Waals surface area contributed by atoms with Gasteiger partial charge in [-0.15, -0.1) is 0 Å². The summed E-state index contributed by atoms with van der Waals surface area (Å²) in [5, 5.41) is 14.4. The predicted octanol–water partition coefficient (Wildman–Crippen LogP) is 2.61. The smallest absolute Gasteiger partial charge is 0.354 e. The lowest BCUT2D eigenvalue weighted by molar-refractivity contribution is -0.383. The van der Waals surface area contributed by atoms with Crippen LogP contribution in [0.1, 0.15) is 30.6 Å². The van der Waals surface area contributed by atoms with Gasteiger partial charge < -0.3 is 10.1 Å². The van der Waals surface area contributed by atoms with Crippen molar-refractivity contribution in [1.29, 1.82) is 0 Å². The molecule has 0 spiro atoms. The quantitative estimate of drug-likeness (QED) is 0.451. The molecule has 10 heteroatoms. The molecule has 0 unspecified atom stereocenters. The van der Waals surface area contributed by atoms with Crippen LogP contribution < -0.4 is 20.9 Å². The molecule has 1 aromatic heterocycles. The van der Waals surface area contributed by atoms with Gasteiger partial charge in [-0.05, 0) is 36.6 Å². The van der Waals surface area contributed by atoms with E-state index in [-0.39, 0.29) is 17.3 Å². The largest absolute Gasteiger partial charge is 0.497 e. The van der Waals surface area contributed by atoms with Crippen molar-refractivity contribution in [2.45, 2.75) is 20.3 Å². The summed E-state index contributed by atoms with van der Waals surface area (Å²) in [5.74, 6) is 0.573. The summed E-state index contributed by atoms with van der Waals surface area (Å²) in [6.07, 6.45) is 2.02. The van der Waals surface area contributed by atoms with Gasteiger partial charge in [0.2, 0.25) is 11.6 Å². The number of benzene rings is 1. The number of hydrogen-bond donors (Lipinski definition) is 3. The molecular weight excluding hydrogens is 352 g/mol. The number of nitrogens with zero attached hydrogens (tertiary/aromatic N) is 3. The molecule has 0 saturated carbocycles. The molecule has 0 bridgehead atoms. The first-order valence-electron chi connectivity index (χ1n) is 8.36. The van der Waals surface area contributed by atoms with E-state index in [1.165, 1.54) is 13.4 Å². The second-order valence-electron chi connectivity index (χ2n) is 6.09. The van der Waals surface area contributed by atoms with Crippen LogP contribution in [0.5, 0.6) is 5.75 Å². The molecule has 0 radical (unpaired) electrons. The third-order valence-electron chi connectivity index (χ3n) is 3.67. The van der Waals surface area contributed by atoms with Gasteiger partial charge in [-0.3, -0.25) is 25.8 Å². The molecule has 1 amide bonds. The van der Waals surface area contributed by atoms with E-state index in [1.807, 2.05) is 0 Å². The number of rotatable bonds is 9. The van der Waals surface area contributed by atoms with Crippen LogP contribution in [0, 0.1) is 16.0 Å². The number of amides is 1. The van der Waals surface area contributed by atoms with Crippen molar-refractivity contribution in [3.63, 3.8) is 0 Å². The Kier molecular flexibility index (Phi) is 6.86. The Morgan fingerprint density at radius 3 is 2.48 bits per heavy atom. The highest BCUT2D eigenvalue weighted by molar-refractivity contribution is 5.95. The van der Waals surface area contributed by atoms with Gasteiger partial charge in [0.15, 0.2) is 0 Å². The van der Waals surface area contributed by atoms with Crippen LogP contribution in [-0.2, 0) is 0 Å². The third-order valence-corrected chi connectivity index (χ3v) is 3.67. The second kappa shape index (κ2) is 9.32. The number of nitrogens with one attached hydrogen (secondary N) is 3. The summed E-state index contributed by atoms with van der Waals surface area (Å²) in [7, 11) is 1.53. The summed E-state index contributed by atoms with van der Waals surface area (Å²) in [6.45, 7) is 4.64. The normalized spacial score (nSPS) is 10.4. The lowest BCUT2D eigenvalue weighted by atomic mass is 10.1. The standard InChI is InChI=1S/C17H22N6O4/c1-11(2)8-9-18-15-14(23(25)26)16(20-10-19-15)21-22-17(24)12-4-6-13(27-3)7-5-12/h4-7,10-11H,8-9H2,1-3H3,(H,22,24)(H2,18,19,20,21). The lowest BCUT2D eigenvalue weighted by Crippen LogP contribution is -2.30. The Bertz CT molecular complexity index is 795. The van der Waals surface area contributed by atoms with Gasteiger partial charge in [-0.1, -0.05) is 13.8 Å². The molecule has 1 heterocycles. The predicted molar refractivity (Wildman–Crippen MR) is 101 cm³/mol. The van der Waals surface area contributed by atoms with Gasteiger partial charge in [0.25, 0.3) is 5.91 Å². The average molecular weight is 374 g/mol. The Morgan fingerprint density at radius 2 is 1.89 bits per heavy atom. The Balaban J connectivity index is 2.10. The van der Waals surface area contributed by atoms with Crippen LogP contribution in [-0.4, -0.2) is 34.5 Å². The van der Waals surface area contributed by atoms with E-state index >= 15 is 0 Å². The number of methoxy groups -OCH3 is 1. The van der Waals surface area contributed by atoms with Gasteiger partial charge in [0, 0.05) is 12.1 Å². The van der Waals surface area contributed by atoms with Gasteiger partial charge in [0.05, 0.1) is 12.0 Å². The highest BCUT2D eigenvalue weighted by Gasteiger charge is 2.23. The molecule has 2 aromatic rings. The summed E-state index contributed by atoms with van der Waals surface area (Å²) in [5.41, 5.74) is 4.91. The fourth-order valence-electron chi connectivity index (χ4n) is 2.18. The number of carbonyl (C=O) groups is 1. The second-order valence-corrected chi connectivity index (χ2v) is 6.09. The first-order chi connectivity index (χ1) is 12.9. The van der Waals surface area contributed by atoms with Gasteiger partial charge >= 0.3 is 5.69 Å². The zero-order valence-electron chi connectivity index (χ0n) is 15.4. The van der Waals surface area contributed by atoms with Crippen molar-refractivity contribution < 1.29 is 14.5 Å². The number of nitro groups is 1. The SMILES string of the molecule is COc1ccc(C(=O)NNc2ncnc(NCCC(C)C)c2[N+](=O)[O-])cc1. The van der Waals surface area contributed by atoms with E-state index < -0.39 is 10.8 Å². The fourth-order valence-corrected chi connectivity index (χ4v) is 2.18. The zero-order valence-corrected chi connectivity index (χ0v) is 15.4. The van der Waals surface area contributed by atoms with E-state index in [9.17, 15) is 14.9 Å². The van der Waals surface area contributed by atoms with Gasteiger partial charge in [-0.2, -0.15) is 0 Å². The van der Waals surface area contributed by atoms with Crippen molar-refractivity contribution in [3.8, 4) is 5.75 Å². The molecule has 1 aromatic carbocycles. The maximum Gasteiger partial charge on any atom is 0.354 e.